The first-order valence-corrected chi connectivity index (χ1v) is 6.95. The highest BCUT2D eigenvalue weighted by atomic mass is 16.5. The van der Waals surface area contributed by atoms with Gasteiger partial charge in [-0.05, 0) is 58.4 Å². The molecule has 1 aromatic carbocycles. The number of hydrogen-bond donors (Lipinski definition) is 1. The van der Waals surface area contributed by atoms with Crippen molar-refractivity contribution in [2.75, 3.05) is 26.7 Å². The van der Waals surface area contributed by atoms with Gasteiger partial charge in [-0.15, -0.1) is 0 Å². The number of aliphatic hydroxyl groups is 1. The summed E-state index contributed by atoms with van der Waals surface area (Å²) in [6.45, 7) is 10.1. The summed E-state index contributed by atoms with van der Waals surface area (Å²) in [6.07, 6.45) is 0.986. The Morgan fingerprint density at radius 2 is 2.00 bits per heavy atom. The molecular weight excluding hydrogens is 238 g/mol. The fourth-order valence-electron chi connectivity index (χ4n) is 2.24. The Bertz CT molecular complexity index is 396. The van der Waals surface area contributed by atoms with Crippen LogP contribution in [-0.2, 0) is 6.42 Å². The van der Waals surface area contributed by atoms with Gasteiger partial charge in [-0.1, -0.05) is 12.1 Å². The topological polar surface area (TPSA) is 32.7 Å². The van der Waals surface area contributed by atoms with Crippen molar-refractivity contribution in [1.82, 2.24) is 4.90 Å². The highest BCUT2D eigenvalue weighted by Crippen LogP contribution is 2.19. The van der Waals surface area contributed by atoms with Gasteiger partial charge < -0.3 is 14.7 Å². The van der Waals surface area contributed by atoms with Crippen molar-refractivity contribution in [3.8, 4) is 5.75 Å². The molecule has 0 spiro atoms. The molecule has 0 aliphatic heterocycles. The summed E-state index contributed by atoms with van der Waals surface area (Å²) < 4.78 is 5.54. The molecule has 0 amide bonds. The maximum absolute atomic E-state index is 9.77. The van der Waals surface area contributed by atoms with E-state index in [4.69, 9.17) is 4.74 Å². The lowest BCUT2D eigenvalue weighted by molar-refractivity contribution is 0.0450. The number of ether oxygens (including phenoxy) is 1. The third-order valence-electron chi connectivity index (χ3n) is 2.98. The zero-order chi connectivity index (χ0) is 14.5. The summed E-state index contributed by atoms with van der Waals surface area (Å²) in [4.78, 5) is 2.16. The molecule has 0 unspecified atom stereocenters. The molecule has 3 nitrogen and oxygen atoms in total. The minimum atomic E-state index is -0.635. The van der Waals surface area contributed by atoms with Crippen LogP contribution in [0.1, 0.15) is 31.9 Å². The molecule has 0 fully saturated rings. The van der Waals surface area contributed by atoms with Crippen LogP contribution in [0, 0.1) is 6.92 Å². The quantitative estimate of drug-likeness (QED) is 0.822. The first-order chi connectivity index (χ1) is 8.81. The lowest BCUT2D eigenvalue weighted by Crippen LogP contribution is -2.37. The number of rotatable bonds is 7. The van der Waals surface area contributed by atoms with E-state index in [9.17, 15) is 5.11 Å². The maximum atomic E-state index is 9.77. The van der Waals surface area contributed by atoms with E-state index in [1.54, 1.807) is 0 Å². The summed E-state index contributed by atoms with van der Waals surface area (Å²) in [5, 5.41) is 9.77. The van der Waals surface area contributed by atoms with Gasteiger partial charge in [-0.3, -0.25) is 0 Å². The van der Waals surface area contributed by atoms with Gasteiger partial charge >= 0.3 is 0 Å². The van der Waals surface area contributed by atoms with Crippen LogP contribution in [0.15, 0.2) is 18.2 Å². The van der Waals surface area contributed by atoms with Gasteiger partial charge in [0.25, 0.3) is 0 Å². The Balaban J connectivity index is 2.52. The number of nitrogens with zero attached hydrogens (tertiary/aromatic N) is 1. The van der Waals surface area contributed by atoms with Crippen LogP contribution in [0.3, 0.4) is 0 Å². The molecule has 0 aliphatic carbocycles. The van der Waals surface area contributed by atoms with Crippen molar-refractivity contribution in [2.24, 2.45) is 0 Å². The van der Waals surface area contributed by atoms with Crippen molar-refractivity contribution < 1.29 is 9.84 Å². The molecule has 0 bridgehead atoms. The Hall–Kier alpha value is -1.06. The highest BCUT2D eigenvalue weighted by Gasteiger charge is 2.15. The summed E-state index contributed by atoms with van der Waals surface area (Å²) >= 11 is 0. The van der Waals surface area contributed by atoms with E-state index >= 15 is 0 Å². The van der Waals surface area contributed by atoms with E-state index in [1.807, 2.05) is 33.9 Å². The van der Waals surface area contributed by atoms with Crippen molar-refractivity contribution in [3.05, 3.63) is 29.3 Å². The van der Waals surface area contributed by atoms with Crippen molar-refractivity contribution in [2.45, 2.75) is 39.7 Å². The largest absolute Gasteiger partial charge is 0.494 e. The Labute approximate surface area is 117 Å². The van der Waals surface area contributed by atoms with Crippen LogP contribution in [-0.4, -0.2) is 42.4 Å². The van der Waals surface area contributed by atoms with Crippen molar-refractivity contribution in [3.63, 3.8) is 0 Å². The number of hydrogen-bond acceptors (Lipinski definition) is 3. The van der Waals surface area contributed by atoms with Gasteiger partial charge in [-0.25, -0.2) is 0 Å². The normalized spacial score (nSPS) is 11.9. The summed E-state index contributed by atoms with van der Waals surface area (Å²) in [5.74, 6) is 0.969. The molecule has 19 heavy (non-hydrogen) atoms. The SMILES string of the molecule is CCOc1ccc(CCN(C)CC(C)(C)O)cc1C. The average molecular weight is 265 g/mol. The maximum Gasteiger partial charge on any atom is 0.122 e. The van der Waals surface area contributed by atoms with Gasteiger partial charge in [0, 0.05) is 13.1 Å². The number of aryl methyl sites for hydroxylation is 1. The fraction of sp³-hybridized carbons (Fsp3) is 0.625. The third kappa shape index (κ3) is 6.08. The lowest BCUT2D eigenvalue weighted by Gasteiger charge is -2.25. The van der Waals surface area contributed by atoms with Crippen LogP contribution in [0.2, 0.25) is 0 Å². The van der Waals surface area contributed by atoms with E-state index in [0.29, 0.717) is 13.2 Å². The summed E-state index contributed by atoms with van der Waals surface area (Å²) in [7, 11) is 2.04. The molecule has 1 N–H and O–H groups in total. The standard InChI is InChI=1S/C16H27NO2/c1-6-19-15-8-7-14(11-13(15)2)9-10-17(5)12-16(3,4)18/h7-8,11,18H,6,9-10,12H2,1-5H3. The summed E-state index contributed by atoms with van der Waals surface area (Å²) in [5.41, 5.74) is 1.86. The molecule has 0 aromatic heterocycles. The van der Waals surface area contributed by atoms with Gasteiger partial charge in [0.05, 0.1) is 12.2 Å². The smallest absolute Gasteiger partial charge is 0.122 e. The van der Waals surface area contributed by atoms with Crippen LogP contribution < -0.4 is 4.74 Å². The second-order valence-corrected chi connectivity index (χ2v) is 5.83. The zero-order valence-electron chi connectivity index (χ0n) is 12.9. The highest BCUT2D eigenvalue weighted by molar-refractivity contribution is 5.36. The predicted octanol–water partition coefficient (Wildman–Crippen LogP) is 2.64. The second-order valence-electron chi connectivity index (χ2n) is 5.83. The van der Waals surface area contributed by atoms with Crippen LogP contribution in [0.25, 0.3) is 0 Å². The average Bonchev–Trinajstić information content (AvgIpc) is 2.27. The zero-order valence-corrected chi connectivity index (χ0v) is 12.9. The Morgan fingerprint density at radius 1 is 1.32 bits per heavy atom. The predicted molar refractivity (Wildman–Crippen MR) is 79.8 cm³/mol. The van der Waals surface area contributed by atoms with E-state index in [-0.39, 0.29) is 0 Å². The molecule has 0 saturated heterocycles. The van der Waals surface area contributed by atoms with E-state index < -0.39 is 5.60 Å². The first-order valence-electron chi connectivity index (χ1n) is 6.95. The van der Waals surface area contributed by atoms with Gasteiger partial charge in [0.2, 0.25) is 0 Å². The molecule has 3 heteroatoms. The molecular formula is C16H27NO2. The number of likely N-dealkylation sites (N-methyl/N-ethyl adjacent to an activating group) is 1. The Morgan fingerprint density at radius 3 is 2.53 bits per heavy atom. The Kier molecular flexibility index (Phi) is 5.83. The van der Waals surface area contributed by atoms with Crippen molar-refractivity contribution in [1.29, 1.82) is 0 Å². The van der Waals surface area contributed by atoms with Crippen LogP contribution in [0.4, 0.5) is 0 Å². The van der Waals surface area contributed by atoms with Gasteiger partial charge in [0.1, 0.15) is 5.75 Å². The fourth-order valence-corrected chi connectivity index (χ4v) is 2.24. The van der Waals surface area contributed by atoms with E-state index in [1.165, 1.54) is 11.1 Å². The molecule has 0 heterocycles. The third-order valence-corrected chi connectivity index (χ3v) is 2.98. The van der Waals surface area contributed by atoms with Gasteiger partial charge in [-0.2, -0.15) is 0 Å². The molecule has 0 atom stereocenters. The molecule has 0 aliphatic rings. The molecule has 1 rings (SSSR count). The van der Waals surface area contributed by atoms with Crippen molar-refractivity contribution >= 4 is 0 Å². The summed E-state index contributed by atoms with van der Waals surface area (Å²) in [6, 6.07) is 6.35. The first kappa shape index (κ1) is 16.0. The monoisotopic (exact) mass is 265 g/mol. The minimum absolute atomic E-state index is 0.635. The molecule has 108 valence electrons. The molecule has 0 radical (unpaired) electrons. The lowest BCUT2D eigenvalue weighted by atomic mass is 10.1. The van der Waals surface area contributed by atoms with Crippen LogP contribution >= 0.6 is 0 Å². The van der Waals surface area contributed by atoms with E-state index in [2.05, 4.69) is 24.0 Å². The molecule has 1 aromatic rings. The number of benzene rings is 1. The second kappa shape index (κ2) is 6.92. The van der Waals surface area contributed by atoms with Crippen LogP contribution in [0.5, 0.6) is 5.75 Å². The van der Waals surface area contributed by atoms with E-state index in [0.717, 1.165) is 18.7 Å². The van der Waals surface area contributed by atoms with Gasteiger partial charge in [0.15, 0.2) is 0 Å². The minimum Gasteiger partial charge on any atom is -0.494 e. The molecule has 0 saturated carbocycles.